The van der Waals surface area contributed by atoms with Crippen molar-refractivity contribution in [1.29, 1.82) is 5.26 Å². The Kier molecular flexibility index (Phi) is 5.37. The maximum atomic E-state index is 13.9. The number of hydrogen-bond donors (Lipinski definition) is 0. The van der Waals surface area contributed by atoms with Gasteiger partial charge in [-0.15, -0.1) is 0 Å². The van der Waals surface area contributed by atoms with Crippen LogP contribution in [0, 0.1) is 17.1 Å². The summed E-state index contributed by atoms with van der Waals surface area (Å²) in [7, 11) is 1.62. The van der Waals surface area contributed by atoms with Crippen molar-refractivity contribution in [2.75, 3.05) is 0 Å². The van der Waals surface area contributed by atoms with Gasteiger partial charge in [0.25, 0.3) is 0 Å². The second-order valence-electron chi connectivity index (χ2n) is 6.32. The number of rotatable bonds is 4. The number of allylic oxidation sites excluding steroid dienone is 1. The minimum Gasteiger partial charge on any atom is -0.350 e. The number of carbonyl (C=O) groups excluding carboxylic acids is 1. The standard InChI is InChI=1S/C22H14F4N2O/c1-28-13-16(21(29)19-7-2-3-8-20(19)23)11-18(28)10-15(12-27)14-5-4-6-17(9-14)22(24,25)26/h2-11,13H,1H3/b15-10+. The van der Waals surface area contributed by atoms with Crippen molar-refractivity contribution in [2.45, 2.75) is 6.18 Å². The highest BCUT2D eigenvalue weighted by Crippen LogP contribution is 2.31. The molecule has 7 heteroatoms. The van der Waals surface area contributed by atoms with Crippen LogP contribution in [0.5, 0.6) is 0 Å². The molecule has 3 rings (SSSR count). The molecule has 1 aromatic heterocycles. The van der Waals surface area contributed by atoms with Crippen molar-refractivity contribution in [3.05, 3.63) is 94.6 Å². The minimum absolute atomic E-state index is 0.00203. The Morgan fingerprint density at radius 2 is 1.79 bits per heavy atom. The molecule has 0 unspecified atom stereocenters. The van der Waals surface area contributed by atoms with Crippen LogP contribution in [0.25, 0.3) is 11.6 Å². The molecule has 146 valence electrons. The summed E-state index contributed by atoms with van der Waals surface area (Å²) in [6, 6.07) is 13.3. The number of aryl methyl sites for hydroxylation is 1. The average Bonchev–Trinajstić information content (AvgIpc) is 3.06. The lowest BCUT2D eigenvalue weighted by molar-refractivity contribution is -0.137. The van der Waals surface area contributed by atoms with E-state index >= 15 is 0 Å². The third-order valence-corrected chi connectivity index (χ3v) is 4.34. The molecule has 0 saturated carbocycles. The number of ketones is 1. The summed E-state index contributed by atoms with van der Waals surface area (Å²) >= 11 is 0. The fourth-order valence-electron chi connectivity index (χ4n) is 2.84. The van der Waals surface area contributed by atoms with Crippen molar-refractivity contribution in [2.24, 2.45) is 7.05 Å². The molecule has 2 aromatic carbocycles. The van der Waals surface area contributed by atoms with E-state index in [4.69, 9.17) is 0 Å². The number of halogens is 4. The smallest absolute Gasteiger partial charge is 0.350 e. The Morgan fingerprint density at radius 1 is 1.07 bits per heavy atom. The van der Waals surface area contributed by atoms with Gasteiger partial charge in [-0.3, -0.25) is 4.79 Å². The molecule has 0 saturated heterocycles. The molecule has 0 spiro atoms. The number of nitrogens with zero attached hydrogens (tertiary/aromatic N) is 2. The van der Waals surface area contributed by atoms with E-state index in [2.05, 4.69) is 0 Å². The number of nitriles is 1. The van der Waals surface area contributed by atoms with Gasteiger partial charge in [0.1, 0.15) is 5.82 Å². The van der Waals surface area contributed by atoms with E-state index in [1.165, 1.54) is 48.7 Å². The van der Waals surface area contributed by atoms with Crippen molar-refractivity contribution >= 4 is 17.4 Å². The van der Waals surface area contributed by atoms with Crippen LogP contribution >= 0.6 is 0 Å². The van der Waals surface area contributed by atoms with Crippen LogP contribution in [-0.2, 0) is 13.2 Å². The van der Waals surface area contributed by atoms with Crippen LogP contribution in [0.15, 0.2) is 60.8 Å². The van der Waals surface area contributed by atoms with Crippen LogP contribution in [0.1, 0.15) is 32.7 Å². The van der Waals surface area contributed by atoms with Gasteiger partial charge in [0.2, 0.25) is 0 Å². The van der Waals surface area contributed by atoms with Crippen LogP contribution < -0.4 is 0 Å². The number of hydrogen-bond acceptors (Lipinski definition) is 2. The molecule has 0 aliphatic heterocycles. The van der Waals surface area contributed by atoms with Gasteiger partial charge in [-0.25, -0.2) is 4.39 Å². The fourth-order valence-corrected chi connectivity index (χ4v) is 2.84. The lowest BCUT2D eigenvalue weighted by Crippen LogP contribution is -2.05. The molecule has 0 fully saturated rings. The molecule has 3 aromatic rings. The summed E-state index contributed by atoms with van der Waals surface area (Å²) in [5.74, 6) is -1.18. The molecule has 0 amide bonds. The summed E-state index contributed by atoms with van der Waals surface area (Å²) in [5, 5.41) is 9.43. The normalized spacial score (nSPS) is 11.9. The second-order valence-corrected chi connectivity index (χ2v) is 6.32. The van der Waals surface area contributed by atoms with Gasteiger partial charge in [0.15, 0.2) is 5.78 Å². The Bertz CT molecular complexity index is 1150. The summed E-state index contributed by atoms with van der Waals surface area (Å²) in [6.45, 7) is 0. The summed E-state index contributed by atoms with van der Waals surface area (Å²) in [4.78, 5) is 12.5. The van der Waals surface area contributed by atoms with E-state index in [-0.39, 0.29) is 22.3 Å². The molecule has 0 aliphatic rings. The van der Waals surface area contributed by atoms with E-state index in [9.17, 15) is 27.6 Å². The first-order chi connectivity index (χ1) is 13.7. The first-order valence-electron chi connectivity index (χ1n) is 8.45. The highest BCUT2D eigenvalue weighted by atomic mass is 19.4. The molecule has 0 atom stereocenters. The zero-order valence-electron chi connectivity index (χ0n) is 15.2. The lowest BCUT2D eigenvalue weighted by atomic mass is 10.0. The van der Waals surface area contributed by atoms with Gasteiger partial charge in [-0.2, -0.15) is 18.4 Å². The molecular formula is C22H14F4N2O. The van der Waals surface area contributed by atoms with Crippen molar-refractivity contribution in [1.82, 2.24) is 4.57 Å². The third-order valence-electron chi connectivity index (χ3n) is 4.34. The lowest BCUT2D eigenvalue weighted by Gasteiger charge is -2.08. The maximum absolute atomic E-state index is 13.9. The quantitative estimate of drug-likeness (QED) is 0.332. The zero-order valence-corrected chi connectivity index (χ0v) is 15.2. The topological polar surface area (TPSA) is 45.8 Å². The van der Waals surface area contributed by atoms with E-state index in [0.29, 0.717) is 5.69 Å². The van der Waals surface area contributed by atoms with Gasteiger partial charge in [-0.05, 0) is 42.0 Å². The van der Waals surface area contributed by atoms with Crippen molar-refractivity contribution in [3.63, 3.8) is 0 Å². The Balaban J connectivity index is 1.99. The SMILES string of the molecule is Cn1cc(C(=O)c2ccccc2F)cc1/C=C(\C#N)c1cccc(C(F)(F)F)c1. The largest absolute Gasteiger partial charge is 0.416 e. The summed E-state index contributed by atoms with van der Waals surface area (Å²) in [5.41, 5.74) is -0.234. The van der Waals surface area contributed by atoms with Gasteiger partial charge in [0, 0.05) is 24.5 Å². The van der Waals surface area contributed by atoms with E-state index in [1.807, 2.05) is 6.07 Å². The Labute approximate surface area is 164 Å². The second kappa shape index (κ2) is 7.76. The van der Waals surface area contributed by atoms with E-state index < -0.39 is 23.3 Å². The number of benzene rings is 2. The molecule has 0 radical (unpaired) electrons. The first-order valence-corrected chi connectivity index (χ1v) is 8.45. The van der Waals surface area contributed by atoms with E-state index in [1.54, 1.807) is 17.7 Å². The number of carbonyl (C=O) groups is 1. The van der Waals surface area contributed by atoms with Gasteiger partial charge in [-0.1, -0.05) is 24.3 Å². The highest BCUT2D eigenvalue weighted by Gasteiger charge is 2.30. The first kappa shape index (κ1) is 20.1. The van der Waals surface area contributed by atoms with Crippen molar-refractivity contribution in [3.8, 4) is 6.07 Å². The molecular weight excluding hydrogens is 384 g/mol. The zero-order chi connectivity index (χ0) is 21.2. The molecule has 3 nitrogen and oxygen atoms in total. The monoisotopic (exact) mass is 398 g/mol. The molecule has 29 heavy (non-hydrogen) atoms. The maximum Gasteiger partial charge on any atom is 0.416 e. The minimum atomic E-state index is -4.53. The van der Waals surface area contributed by atoms with E-state index in [0.717, 1.165) is 12.1 Å². The third kappa shape index (κ3) is 4.27. The summed E-state index contributed by atoms with van der Waals surface area (Å²) < 4.78 is 54.2. The molecule has 0 bridgehead atoms. The van der Waals surface area contributed by atoms with Crippen LogP contribution in [0.3, 0.4) is 0 Å². The van der Waals surface area contributed by atoms with Gasteiger partial charge >= 0.3 is 6.18 Å². The average molecular weight is 398 g/mol. The van der Waals surface area contributed by atoms with Gasteiger partial charge < -0.3 is 4.57 Å². The Hall–Kier alpha value is -3.66. The number of aromatic nitrogens is 1. The highest BCUT2D eigenvalue weighted by molar-refractivity contribution is 6.09. The van der Waals surface area contributed by atoms with Crippen molar-refractivity contribution < 1.29 is 22.4 Å². The fraction of sp³-hybridized carbons (Fsp3) is 0.0909. The van der Waals surface area contributed by atoms with Gasteiger partial charge in [0.05, 0.1) is 22.8 Å². The number of alkyl halides is 3. The Morgan fingerprint density at radius 3 is 2.45 bits per heavy atom. The van der Waals surface area contributed by atoms with Crippen LogP contribution in [0.2, 0.25) is 0 Å². The molecule has 0 N–H and O–H groups in total. The van der Waals surface area contributed by atoms with Crippen LogP contribution in [0.4, 0.5) is 17.6 Å². The molecule has 0 aliphatic carbocycles. The predicted octanol–water partition coefficient (Wildman–Crippen LogP) is 5.48. The predicted molar refractivity (Wildman–Crippen MR) is 100 cm³/mol. The molecule has 1 heterocycles. The summed E-state index contributed by atoms with van der Waals surface area (Å²) in [6.07, 6.45) is -1.67. The van der Waals surface area contributed by atoms with Crippen LogP contribution in [-0.4, -0.2) is 10.4 Å².